The van der Waals surface area contributed by atoms with Gasteiger partial charge in [0.25, 0.3) is 0 Å². The molecular formula is C17H26N2O2. The maximum atomic E-state index is 12.0. The molecule has 4 nitrogen and oxygen atoms in total. The van der Waals surface area contributed by atoms with Crippen LogP contribution in [0.15, 0.2) is 31.0 Å². The summed E-state index contributed by atoms with van der Waals surface area (Å²) in [6, 6.07) is 3.57. The highest BCUT2D eigenvalue weighted by atomic mass is 16.5. The first-order valence-electron chi connectivity index (χ1n) is 7.47. The summed E-state index contributed by atoms with van der Waals surface area (Å²) in [6.07, 6.45) is 4.52. The number of nitrogens with zero attached hydrogens (tertiary/aromatic N) is 2. The van der Waals surface area contributed by atoms with Crippen molar-refractivity contribution in [1.82, 2.24) is 4.98 Å². The van der Waals surface area contributed by atoms with Gasteiger partial charge in [-0.3, -0.25) is 0 Å². The summed E-state index contributed by atoms with van der Waals surface area (Å²) in [5.41, 5.74) is 0.570. The number of hydrogen-bond acceptors (Lipinski definition) is 4. The lowest BCUT2D eigenvalue weighted by molar-refractivity contribution is 0.0378. The first kappa shape index (κ1) is 17.2. The number of hydrogen-bond donors (Lipinski definition) is 0. The van der Waals surface area contributed by atoms with Gasteiger partial charge in [0.1, 0.15) is 11.4 Å². The minimum Gasteiger partial charge on any atom is -0.459 e. The minimum atomic E-state index is -0.285. The normalized spacial score (nSPS) is 17.2. The highest BCUT2D eigenvalue weighted by Crippen LogP contribution is 2.25. The van der Waals surface area contributed by atoms with Crippen LogP contribution < -0.4 is 4.90 Å². The van der Waals surface area contributed by atoms with Crippen molar-refractivity contribution in [2.24, 2.45) is 5.92 Å². The number of pyridine rings is 1. The molecule has 21 heavy (non-hydrogen) atoms. The molecule has 4 heteroatoms. The third-order valence-corrected chi connectivity index (χ3v) is 3.07. The molecule has 0 aromatic carbocycles. The molecule has 2 rings (SSSR count). The molecule has 0 saturated carbocycles. The van der Waals surface area contributed by atoms with Crippen LogP contribution in [-0.4, -0.2) is 30.1 Å². The van der Waals surface area contributed by atoms with Crippen molar-refractivity contribution in [2.75, 3.05) is 18.0 Å². The zero-order chi connectivity index (χ0) is 15.8. The Morgan fingerprint density at radius 2 is 2.24 bits per heavy atom. The van der Waals surface area contributed by atoms with E-state index in [1.54, 1.807) is 24.4 Å². The van der Waals surface area contributed by atoms with Gasteiger partial charge < -0.3 is 9.64 Å². The zero-order valence-corrected chi connectivity index (χ0v) is 13.5. The van der Waals surface area contributed by atoms with Crippen LogP contribution in [0.1, 0.15) is 44.5 Å². The first-order chi connectivity index (χ1) is 9.99. The van der Waals surface area contributed by atoms with Crippen molar-refractivity contribution in [3.63, 3.8) is 0 Å². The molecule has 0 radical (unpaired) electrons. The van der Waals surface area contributed by atoms with Crippen LogP contribution in [0, 0.1) is 5.92 Å². The van der Waals surface area contributed by atoms with Gasteiger partial charge >= 0.3 is 5.97 Å². The molecular weight excluding hydrogens is 264 g/mol. The number of allylic oxidation sites excluding steroid dienone is 1. The van der Waals surface area contributed by atoms with Crippen molar-refractivity contribution >= 4 is 11.8 Å². The summed E-state index contributed by atoms with van der Waals surface area (Å²) in [6.45, 7) is 13.1. The van der Waals surface area contributed by atoms with Gasteiger partial charge in [-0.2, -0.15) is 0 Å². The molecule has 1 atom stereocenters. The van der Waals surface area contributed by atoms with Crippen molar-refractivity contribution in [2.45, 2.75) is 40.2 Å². The highest BCUT2D eigenvalue weighted by Gasteiger charge is 2.25. The van der Waals surface area contributed by atoms with Gasteiger partial charge in [0.15, 0.2) is 0 Å². The lowest BCUT2D eigenvalue weighted by Crippen LogP contribution is -2.24. The van der Waals surface area contributed by atoms with Gasteiger partial charge in [-0.15, -0.1) is 6.58 Å². The van der Waals surface area contributed by atoms with Crippen LogP contribution in [0.4, 0.5) is 5.82 Å². The Bertz CT molecular complexity index is 472. The van der Waals surface area contributed by atoms with Crippen LogP contribution in [0.5, 0.6) is 0 Å². The molecule has 1 aliphatic rings. The second-order valence-corrected chi connectivity index (χ2v) is 5.58. The number of carbonyl (C=O) groups excluding carboxylic acids is 1. The molecule has 1 saturated heterocycles. The van der Waals surface area contributed by atoms with Crippen LogP contribution in [0.2, 0.25) is 0 Å². The second-order valence-electron chi connectivity index (χ2n) is 5.58. The summed E-state index contributed by atoms with van der Waals surface area (Å²) >= 11 is 0. The largest absolute Gasteiger partial charge is 0.459 e. The molecule has 116 valence electrons. The second kappa shape index (κ2) is 8.45. The van der Waals surface area contributed by atoms with Crippen molar-refractivity contribution in [3.05, 3.63) is 36.5 Å². The van der Waals surface area contributed by atoms with E-state index in [1.165, 1.54) is 0 Å². The third-order valence-electron chi connectivity index (χ3n) is 3.07. The van der Waals surface area contributed by atoms with E-state index >= 15 is 0 Å². The average Bonchev–Trinajstić information content (AvgIpc) is 2.85. The number of ether oxygens (including phenoxy) is 1. The van der Waals surface area contributed by atoms with E-state index in [-0.39, 0.29) is 12.1 Å². The summed E-state index contributed by atoms with van der Waals surface area (Å²) in [5.74, 6) is 1.13. The lowest BCUT2D eigenvalue weighted by atomic mass is 10.2. The van der Waals surface area contributed by atoms with Crippen LogP contribution in [0.3, 0.4) is 0 Å². The number of esters is 1. The zero-order valence-electron chi connectivity index (χ0n) is 13.5. The van der Waals surface area contributed by atoms with Crippen molar-refractivity contribution in [1.29, 1.82) is 0 Å². The van der Waals surface area contributed by atoms with E-state index < -0.39 is 0 Å². The molecule has 1 aromatic heterocycles. The molecule has 0 spiro atoms. The van der Waals surface area contributed by atoms with Crippen LogP contribution >= 0.6 is 0 Å². The van der Waals surface area contributed by atoms with E-state index in [0.29, 0.717) is 11.5 Å². The number of aromatic nitrogens is 1. The Morgan fingerprint density at radius 3 is 2.76 bits per heavy atom. The average molecular weight is 290 g/mol. The monoisotopic (exact) mass is 290 g/mol. The number of carbonyl (C=O) groups is 1. The van der Waals surface area contributed by atoms with E-state index in [0.717, 1.165) is 25.3 Å². The van der Waals surface area contributed by atoms with Gasteiger partial charge in [-0.05, 0) is 45.2 Å². The fourth-order valence-corrected chi connectivity index (χ4v) is 2.21. The number of anilines is 1. The summed E-state index contributed by atoms with van der Waals surface area (Å²) in [4.78, 5) is 18.5. The van der Waals surface area contributed by atoms with Crippen molar-refractivity contribution < 1.29 is 9.53 Å². The Hall–Kier alpha value is -1.84. The predicted molar refractivity (Wildman–Crippen MR) is 86.7 cm³/mol. The number of rotatable bonds is 3. The summed E-state index contributed by atoms with van der Waals surface area (Å²) in [7, 11) is 0. The molecule has 1 fully saturated rings. The molecule has 0 bridgehead atoms. The summed E-state index contributed by atoms with van der Waals surface area (Å²) in [5, 5.41) is 0. The smallest absolute Gasteiger partial charge is 0.342 e. The van der Waals surface area contributed by atoms with Gasteiger partial charge in [-0.1, -0.05) is 13.0 Å². The van der Waals surface area contributed by atoms with E-state index in [2.05, 4.69) is 23.4 Å². The van der Waals surface area contributed by atoms with E-state index in [4.69, 9.17) is 4.74 Å². The molecule has 1 aromatic rings. The van der Waals surface area contributed by atoms with Crippen LogP contribution in [0.25, 0.3) is 0 Å². The van der Waals surface area contributed by atoms with E-state index in [1.807, 2.05) is 20.8 Å². The van der Waals surface area contributed by atoms with Gasteiger partial charge in [0.2, 0.25) is 0 Å². The third kappa shape index (κ3) is 5.21. The Labute approximate surface area is 127 Å². The van der Waals surface area contributed by atoms with Gasteiger partial charge in [0.05, 0.1) is 6.10 Å². The van der Waals surface area contributed by atoms with Gasteiger partial charge in [0, 0.05) is 19.3 Å². The lowest BCUT2D eigenvalue weighted by Gasteiger charge is -2.20. The maximum absolute atomic E-state index is 12.0. The quantitative estimate of drug-likeness (QED) is 0.629. The molecule has 0 aliphatic carbocycles. The predicted octanol–water partition coefficient (Wildman–Crippen LogP) is 3.69. The fraction of sp³-hybridized carbons (Fsp3) is 0.529. The highest BCUT2D eigenvalue weighted by molar-refractivity contribution is 5.94. The molecule has 1 unspecified atom stereocenters. The molecule has 2 heterocycles. The summed E-state index contributed by atoms with van der Waals surface area (Å²) < 4.78 is 5.26. The topological polar surface area (TPSA) is 42.4 Å². The Kier molecular flexibility index (Phi) is 6.92. The van der Waals surface area contributed by atoms with E-state index in [9.17, 15) is 4.79 Å². The first-order valence-corrected chi connectivity index (χ1v) is 7.47. The Morgan fingerprint density at radius 1 is 1.57 bits per heavy atom. The van der Waals surface area contributed by atoms with Gasteiger partial charge in [-0.25, -0.2) is 9.78 Å². The molecule has 0 amide bonds. The fourth-order valence-electron chi connectivity index (χ4n) is 2.21. The van der Waals surface area contributed by atoms with Crippen LogP contribution in [-0.2, 0) is 4.74 Å². The standard InChI is InChI=1S/C14H20N2O2.C3H6/c1-10(2)18-14(17)12-5-4-7-15-13(12)16-8-6-11(3)9-16;1-3-2/h4-5,7,10-11H,6,8-9H2,1-3H3;3H,1H2,2H3. The molecule has 0 N–H and O–H groups in total. The minimum absolute atomic E-state index is 0.108. The SMILES string of the molecule is C=CC.CC1CCN(c2ncccc2C(=O)OC(C)C)C1. The maximum Gasteiger partial charge on any atom is 0.342 e. The molecule has 1 aliphatic heterocycles. The van der Waals surface area contributed by atoms with Crippen molar-refractivity contribution in [3.8, 4) is 0 Å². The Balaban J connectivity index is 0.000000677.